The molecule has 7 atom stereocenters. The zero-order valence-electron chi connectivity index (χ0n) is 28.3. The number of benzene rings is 2. The van der Waals surface area contributed by atoms with Gasteiger partial charge in [-0.05, 0) is 117 Å². The van der Waals surface area contributed by atoms with E-state index in [9.17, 15) is 17.4 Å². The molecule has 4 aliphatic rings. The highest BCUT2D eigenvalue weighted by atomic mass is 35.5. The number of hydrogen-bond acceptors (Lipinski definition) is 7. The van der Waals surface area contributed by atoms with Gasteiger partial charge in [0.05, 0.1) is 33.9 Å². The zero-order chi connectivity index (χ0) is 34.3. The molecule has 0 radical (unpaired) electrons. The van der Waals surface area contributed by atoms with E-state index in [1.54, 1.807) is 6.07 Å². The molecule has 2 aliphatic carbocycles. The number of hydrogen-bond donors (Lipinski definition) is 1. The van der Waals surface area contributed by atoms with Crippen molar-refractivity contribution in [2.45, 2.75) is 75.6 Å². The molecule has 2 heterocycles. The molecule has 1 unspecified atom stereocenters. The molecule has 2 aliphatic heterocycles. The summed E-state index contributed by atoms with van der Waals surface area (Å²) in [6.45, 7) is 6.25. The van der Waals surface area contributed by atoms with Gasteiger partial charge < -0.3 is 14.4 Å². The van der Waals surface area contributed by atoms with Crippen LogP contribution in [0.25, 0.3) is 0 Å². The first-order valence-electron chi connectivity index (χ1n) is 17.2. The van der Waals surface area contributed by atoms with E-state index in [1.807, 2.05) is 32.0 Å². The van der Waals surface area contributed by atoms with E-state index >= 15 is 0 Å². The van der Waals surface area contributed by atoms with Crippen molar-refractivity contribution in [2.24, 2.45) is 17.8 Å². The van der Waals surface area contributed by atoms with Crippen LogP contribution in [0.5, 0.6) is 5.75 Å². The van der Waals surface area contributed by atoms with Crippen molar-refractivity contribution in [2.75, 3.05) is 43.2 Å². The molecule has 48 heavy (non-hydrogen) atoms. The Morgan fingerprint density at radius 2 is 2.00 bits per heavy atom. The lowest BCUT2D eigenvalue weighted by Crippen LogP contribution is -2.49. The third-order valence-electron chi connectivity index (χ3n) is 11.1. The Hall–Kier alpha value is -2.53. The van der Waals surface area contributed by atoms with Crippen molar-refractivity contribution in [3.05, 3.63) is 70.3 Å². The lowest BCUT2D eigenvalue weighted by molar-refractivity contribution is -0.0136. The molecule has 1 saturated carbocycles. The van der Waals surface area contributed by atoms with Crippen LogP contribution < -0.4 is 14.4 Å². The van der Waals surface area contributed by atoms with Crippen molar-refractivity contribution in [1.82, 2.24) is 4.72 Å². The van der Waals surface area contributed by atoms with Crippen LogP contribution in [0.1, 0.15) is 73.9 Å². The van der Waals surface area contributed by atoms with Crippen molar-refractivity contribution in [3.63, 3.8) is 0 Å². The zero-order valence-corrected chi connectivity index (χ0v) is 30.7. The fourth-order valence-electron chi connectivity index (χ4n) is 7.96. The van der Waals surface area contributed by atoms with Gasteiger partial charge in [0.15, 0.2) is 0 Å². The summed E-state index contributed by atoms with van der Waals surface area (Å²) < 4.78 is 53.2. The SMILES string of the molecule is C=S1(=O)NC(=O)c2ccc3c(c2)N(C[C@@H]2CC[C@H]2[C@@H](OCCCS(C)(=O)=O)/C=C/C[C@H](C)[C@H]1C)C[C@@]1(CCCc2cc(Cl)ccc21)CO3. The number of fused-ring (bicyclic) bond motifs is 4. The number of allylic oxidation sites excluding steroid dienone is 1. The smallest absolute Gasteiger partial charge is 0.262 e. The minimum Gasteiger partial charge on any atom is -0.490 e. The highest BCUT2D eigenvalue weighted by Crippen LogP contribution is 2.47. The average Bonchev–Trinajstić information content (AvgIpc) is 3.16. The summed E-state index contributed by atoms with van der Waals surface area (Å²) in [6.07, 6.45) is 11.5. The van der Waals surface area contributed by atoms with Gasteiger partial charge in [-0.15, -0.1) is 0 Å². The molecule has 1 spiro atoms. The monoisotopic (exact) mass is 716 g/mol. The van der Waals surface area contributed by atoms with E-state index < -0.39 is 25.5 Å². The first kappa shape index (κ1) is 35.3. The second-order valence-electron chi connectivity index (χ2n) is 14.6. The predicted molar refractivity (Wildman–Crippen MR) is 196 cm³/mol. The Morgan fingerprint density at radius 1 is 1.19 bits per heavy atom. The van der Waals surface area contributed by atoms with Crippen LogP contribution in [0.15, 0.2) is 48.6 Å². The average molecular weight is 717 g/mol. The third-order valence-corrected chi connectivity index (χ3v) is 14.6. The van der Waals surface area contributed by atoms with Crippen molar-refractivity contribution >= 4 is 48.6 Å². The fourth-order valence-corrected chi connectivity index (χ4v) is 10.3. The standard InChI is InChI=1S/C37H49ClN2O6S2/c1-25-8-5-10-34(45-18-7-19-47(3,42)43)31-14-11-29(31)22-40-23-37(17-6-9-27-20-30(38)13-15-32(27)37)24-46-35-16-12-28(21-33(35)40)36(41)39-48(4,44)26(25)2/h5,10,12-13,15-16,20-21,25-26,29,31,34H,4,6-9,11,14,17-19,22-24H2,1-3H3,(H,39,41,44)/b10-5+/t25-,26+,29-,31+,34-,37-,48?/m0/s1. The number of halogens is 1. The second kappa shape index (κ2) is 14.0. The molecule has 1 N–H and O–H groups in total. The fraction of sp³-hybridized carbons (Fsp3) is 0.568. The number of rotatable bonds is 5. The van der Waals surface area contributed by atoms with E-state index in [2.05, 4.69) is 39.8 Å². The maximum atomic E-state index is 13.8. The van der Waals surface area contributed by atoms with Crippen molar-refractivity contribution in [1.29, 1.82) is 0 Å². The van der Waals surface area contributed by atoms with Crippen LogP contribution in [-0.2, 0) is 36.1 Å². The molecule has 8 nitrogen and oxygen atoms in total. The maximum absolute atomic E-state index is 13.8. The molecular formula is C37H49ClN2O6S2. The molecule has 2 aromatic carbocycles. The Labute approximate surface area is 291 Å². The highest BCUT2D eigenvalue weighted by Gasteiger charge is 2.44. The summed E-state index contributed by atoms with van der Waals surface area (Å²) in [6, 6.07) is 11.7. The number of sulfone groups is 1. The lowest BCUT2D eigenvalue weighted by Gasteiger charge is -2.46. The number of nitrogens with one attached hydrogen (secondary N) is 1. The van der Waals surface area contributed by atoms with Crippen LogP contribution in [0.4, 0.5) is 5.69 Å². The molecule has 1 fully saturated rings. The van der Waals surface area contributed by atoms with Crippen LogP contribution in [-0.4, -0.2) is 74.1 Å². The van der Waals surface area contributed by atoms with Crippen molar-refractivity contribution in [3.8, 4) is 5.75 Å². The molecule has 2 bridgehead atoms. The van der Waals surface area contributed by atoms with Gasteiger partial charge in [0, 0.05) is 47.2 Å². The van der Waals surface area contributed by atoms with E-state index in [0.717, 1.165) is 61.7 Å². The summed E-state index contributed by atoms with van der Waals surface area (Å²) in [4.78, 5) is 16.0. The molecule has 0 aromatic heterocycles. The lowest BCUT2D eigenvalue weighted by atomic mass is 9.68. The molecule has 0 saturated heterocycles. The summed E-state index contributed by atoms with van der Waals surface area (Å²) in [5, 5.41) is 0.368. The minimum atomic E-state index is -3.07. The van der Waals surface area contributed by atoms with E-state index in [4.69, 9.17) is 21.1 Å². The maximum Gasteiger partial charge on any atom is 0.262 e. The molecule has 1 amide bonds. The van der Waals surface area contributed by atoms with Gasteiger partial charge in [0.1, 0.15) is 15.6 Å². The minimum absolute atomic E-state index is 0.0112. The Bertz CT molecular complexity index is 1780. The van der Waals surface area contributed by atoms with Gasteiger partial charge in [-0.1, -0.05) is 36.7 Å². The van der Waals surface area contributed by atoms with Gasteiger partial charge in [-0.25, -0.2) is 12.6 Å². The molecule has 262 valence electrons. The van der Waals surface area contributed by atoms with Crippen LogP contribution in [0.3, 0.4) is 0 Å². The molecule has 11 heteroatoms. The van der Waals surface area contributed by atoms with E-state index in [1.165, 1.54) is 17.4 Å². The Morgan fingerprint density at radius 3 is 2.75 bits per heavy atom. The summed E-state index contributed by atoms with van der Waals surface area (Å²) in [5.74, 6) is 4.97. The number of amides is 1. The van der Waals surface area contributed by atoms with E-state index in [0.29, 0.717) is 37.5 Å². The van der Waals surface area contributed by atoms with Crippen LogP contribution in [0, 0.1) is 17.8 Å². The second-order valence-corrected chi connectivity index (χ2v) is 19.7. The summed E-state index contributed by atoms with van der Waals surface area (Å²) in [5.41, 5.74) is 3.57. The highest BCUT2D eigenvalue weighted by molar-refractivity contribution is 7.99. The van der Waals surface area contributed by atoms with Crippen LogP contribution >= 0.6 is 11.6 Å². The van der Waals surface area contributed by atoms with Gasteiger partial charge in [-0.3, -0.25) is 9.52 Å². The Kier molecular flexibility index (Phi) is 10.3. The quantitative estimate of drug-likeness (QED) is 0.230. The summed E-state index contributed by atoms with van der Waals surface area (Å²) >= 11 is 6.44. The normalized spacial score (nSPS) is 33.0. The topological polar surface area (TPSA) is 102 Å². The van der Waals surface area contributed by atoms with Gasteiger partial charge in [0.25, 0.3) is 5.91 Å². The first-order chi connectivity index (χ1) is 22.7. The molecule has 6 rings (SSSR count). The number of anilines is 1. The Balaban J connectivity index is 1.38. The van der Waals surface area contributed by atoms with Crippen molar-refractivity contribution < 1.29 is 26.9 Å². The molecular weight excluding hydrogens is 668 g/mol. The van der Waals surface area contributed by atoms with E-state index in [-0.39, 0.29) is 34.4 Å². The number of carbonyl (C=O) groups is 1. The number of ether oxygens (including phenoxy) is 2. The first-order valence-corrected chi connectivity index (χ1v) is 21.4. The van der Waals surface area contributed by atoms with Crippen LogP contribution in [0.2, 0.25) is 5.02 Å². The number of nitrogens with zero attached hydrogens (tertiary/aromatic N) is 1. The summed E-state index contributed by atoms with van der Waals surface area (Å²) in [7, 11) is -6.04. The largest absolute Gasteiger partial charge is 0.490 e. The molecule has 2 aromatic rings. The predicted octanol–water partition coefficient (Wildman–Crippen LogP) is 6.00. The number of carbonyl (C=O) groups excluding carboxylic acids is 1. The third kappa shape index (κ3) is 7.62. The van der Waals surface area contributed by atoms with Gasteiger partial charge >= 0.3 is 0 Å². The number of aryl methyl sites for hydroxylation is 1. The van der Waals surface area contributed by atoms with Gasteiger partial charge in [-0.2, -0.15) is 0 Å². The van der Waals surface area contributed by atoms with Gasteiger partial charge in [0.2, 0.25) is 0 Å².